The Bertz CT molecular complexity index is 3330. The van der Waals surface area contributed by atoms with E-state index in [-0.39, 0.29) is 104 Å². The van der Waals surface area contributed by atoms with Crippen molar-refractivity contribution in [3.05, 3.63) is 77.9 Å². The minimum absolute atomic E-state index is 0.0267. The van der Waals surface area contributed by atoms with Crippen LogP contribution in [0.25, 0.3) is 10.8 Å². The van der Waals surface area contributed by atoms with Crippen LogP contribution in [0.2, 0.25) is 0 Å². The van der Waals surface area contributed by atoms with Gasteiger partial charge in [0.1, 0.15) is 52.4 Å². The Morgan fingerprint density at radius 1 is 0.558 bits per heavy atom. The van der Waals surface area contributed by atoms with Crippen molar-refractivity contribution in [2.45, 2.75) is 169 Å². The number of methoxy groups -OCH3 is 2. The van der Waals surface area contributed by atoms with Crippen molar-refractivity contribution in [1.29, 1.82) is 0 Å². The van der Waals surface area contributed by atoms with E-state index < -0.39 is 64.9 Å². The van der Waals surface area contributed by atoms with Crippen LogP contribution >= 0.6 is 0 Å². The Labute approximate surface area is 553 Å². The molecule has 1 aliphatic heterocycles. The number of ether oxygens (including phenoxy) is 8. The van der Waals surface area contributed by atoms with E-state index in [4.69, 9.17) is 37.9 Å². The van der Waals surface area contributed by atoms with Gasteiger partial charge in [0.2, 0.25) is 23.6 Å². The summed E-state index contributed by atoms with van der Waals surface area (Å²) in [4.78, 5) is 128. The molecular weight excluding hydrogens is 1230 g/mol. The molecule has 0 aliphatic carbocycles. The average Bonchev–Trinajstić information content (AvgIpc) is 0.983. The van der Waals surface area contributed by atoms with Gasteiger partial charge < -0.3 is 75.1 Å². The molecular formula is C66H93N11O18. The van der Waals surface area contributed by atoms with Crippen molar-refractivity contribution in [3.63, 3.8) is 0 Å². The molecule has 0 aromatic heterocycles. The van der Waals surface area contributed by atoms with Gasteiger partial charge in [0.05, 0.1) is 50.9 Å². The Balaban J connectivity index is 1.08. The molecule has 3 atom stereocenters. The quantitative estimate of drug-likeness (QED) is 0.0170. The summed E-state index contributed by atoms with van der Waals surface area (Å²) in [5, 5.41) is 21.2. The summed E-state index contributed by atoms with van der Waals surface area (Å²) in [5.41, 5.74) is 9.06. The average molecular weight is 1330 g/mol. The Kier molecular flexibility index (Phi) is 29.4. The van der Waals surface area contributed by atoms with Gasteiger partial charge in [-0.1, -0.05) is 6.07 Å². The van der Waals surface area contributed by atoms with Gasteiger partial charge >= 0.3 is 12.2 Å². The summed E-state index contributed by atoms with van der Waals surface area (Å²) in [7, 11) is 2.73. The lowest BCUT2D eigenvalue weighted by Crippen LogP contribution is -2.53. The first-order valence-corrected chi connectivity index (χ1v) is 31.4. The lowest BCUT2D eigenvalue weighted by molar-refractivity contribution is -0.136. The highest BCUT2D eigenvalue weighted by Gasteiger charge is 2.33. The standard InChI is InChI=1S/C66H93N11O18/c1-40(78)70-44-24-27-53(88-11)48(36-44)58(82)74-76-60(84)50(72-62(86)94-64(3,4)5)19-13-15-29-67-56(80)21-17-31-90-46-26-23-42-34-52(69-38-47-39-92-66(9,10)93-47)55(35-43(42)33-46)91-32-18-22-57(81)68-30-16-14-20-51(73-63(87)95-65(6,7)8)61(85)77-75-59(83)49-37-45(71-41(2)79)25-28-54(49)89-12/h23-28,33-37,47,50-51,69H,13-22,29-32,38-39H2,1-12H3,(H,67,80)(H,68,81)(H,70,78)(H,71,79)(H,72,86)(H,73,87)(H,74,82)(H,75,83)(H,76,84)(H,77,85)/t47?,50-,51-/m0/s1. The number of hydrogen-bond acceptors (Lipinski definition) is 19. The van der Waals surface area contributed by atoms with Gasteiger partial charge in [-0.05, 0) is 178 Å². The topological polar surface area (TPSA) is 377 Å². The molecule has 0 radical (unpaired) electrons. The molecule has 5 rings (SSSR count). The van der Waals surface area contributed by atoms with E-state index >= 15 is 0 Å². The molecule has 520 valence electrons. The van der Waals surface area contributed by atoms with E-state index in [1.807, 2.05) is 44.2 Å². The number of rotatable bonds is 33. The van der Waals surface area contributed by atoms with Crippen LogP contribution in [0, 0.1) is 0 Å². The van der Waals surface area contributed by atoms with Crippen LogP contribution in [0.1, 0.15) is 154 Å². The Morgan fingerprint density at radius 3 is 1.48 bits per heavy atom. The van der Waals surface area contributed by atoms with E-state index in [1.165, 1.54) is 52.3 Å². The largest absolute Gasteiger partial charge is 0.496 e. The van der Waals surface area contributed by atoms with Gasteiger partial charge in [0.15, 0.2) is 5.79 Å². The van der Waals surface area contributed by atoms with Gasteiger partial charge in [-0.3, -0.25) is 60.1 Å². The molecule has 1 heterocycles. The monoisotopic (exact) mass is 1330 g/mol. The normalized spacial score (nSPS) is 13.9. The van der Waals surface area contributed by atoms with Crippen LogP contribution in [-0.4, -0.2) is 148 Å². The third kappa shape index (κ3) is 27.8. The van der Waals surface area contributed by atoms with Crippen LogP contribution in [0.15, 0.2) is 66.7 Å². The van der Waals surface area contributed by atoms with Crippen molar-refractivity contribution >= 4 is 87.3 Å². The van der Waals surface area contributed by atoms with E-state index in [9.17, 15) is 47.9 Å². The van der Waals surface area contributed by atoms with Crippen molar-refractivity contribution < 1.29 is 85.8 Å². The highest BCUT2D eigenvalue weighted by Crippen LogP contribution is 2.34. The third-order valence-corrected chi connectivity index (χ3v) is 13.7. The molecule has 0 bridgehead atoms. The summed E-state index contributed by atoms with van der Waals surface area (Å²) in [6.07, 6.45) is 1.14. The minimum atomic E-state index is -1.13. The van der Waals surface area contributed by atoms with Crippen molar-refractivity contribution in [2.24, 2.45) is 0 Å². The van der Waals surface area contributed by atoms with Crippen molar-refractivity contribution in [2.75, 3.05) is 69.6 Å². The van der Waals surface area contributed by atoms with Crippen LogP contribution in [-0.2, 0) is 47.7 Å². The zero-order chi connectivity index (χ0) is 69.9. The fourth-order valence-corrected chi connectivity index (χ4v) is 9.42. The van der Waals surface area contributed by atoms with Gasteiger partial charge in [-0.2, -0.15) is 0 Å². The third-order valence-electron chi connectivity index (χ3n) is 13.7. The number of fused-ring (bicyclic) bond motifs is 1. The molecule has 1 saturated heterocycles. The number of unbranched alkanes of at least 4 members (excludes halogenated alkanes) is 2. The number of hydrogen-bond donors (Lipinski definition) is 11. The number of carbonyl (C=O) groups is 10. The molecule has 29 nitrogen and oxygen atoms in total. The summed E-state index contributed by atoms with van der Waals surface area (Å²) in [6.45, 7) is 18.2. The van der Waals surface area contributed by atoms with Gasteiger partial charge in [-0.25, -0.2) is 9.59 Å². The number of benzene rings is 4. The number of alkyl carbamates (subject to hydrolysis) is 2. The van der Waals surface area contributed by atoms with E-state index in [0.717, 1.165) is 10.8 Å². The molecule has 11 N–H and O–H groups in total. The molecule has 1 aliphatic rings. The first-order chi connectivity index (χ1) is 44.9. The van der Waals surface area contributed by atoms with Crippen LogP contribution in [0.3, 0.4) is 0 Å². The van der Waals surface area contributed by atoms with E-state index in [2.05, 4.69) is 58.9 Å². The number of anilines is 3. The van der Waals surface area contributed by atoms with Crippen LogP contribution in [0.4, 0.5) is 26.7 Å². The fraction of sp³-hybridized carbons (Fsp3) is 0.515. The lowest BCUT2D eigenvalue weighted by Gasteiger charge is -2.23. The molecule has 0 spiro atoms. The molecule has 10 amide bonds. The SMILES string of the molecule is COc1ccc(NC(C)=O)cc1C(=O)NNC(=O)[C@H](CCCCNC(=O)CCCOc1ccc2cc(NCC3COC(C)(C)O3)c(OCCCC(=O)NCCCC[C@H](NC(=O)OC(C)(C)C)C(=O)NNC(=O)c3cc(NC(C)=O)ccc3OC)cc2c1)NC(=O)OC(C)(C)C. The van der Waals surface area contributed by atoms with Gasteiger partial charge in [0, 0.05) is 57.7 Å². The van der Waals surface area contributed by atoms with Crippen LogP contribution < -0.4 is 77.9 Å². The molecule has 29 heteroatoms. The van der Waals surface area contributed by atoms with Crippen LogP contribution in [0.5, 0.6) is 23.0 Å². The Morgan fingerprint density at radius 2 is 1.04 bits per heavy atom. The smallest absolute Gasteiger partial charge is 0.408 e. The summed E-state index contributed by atoms with van der Waals surface area (Å²) in [6, 6.07) is 16.1. The number of amides is 10. The molecule has 95 heavy (non-hydrogen) atoms. The van der Waals surface area contributed by atoms with Gasteiger partial charge in [-0.15, -0.1) is 0 Å². The minimum Gasteiger partial charge on any atom is -0.496 e. The molecule has 4 aromatic rings. The van der Waals surface area contributed by atoms with Gasteiger partial charge in [0.25, 0.3) is 23.6 Å². The van der Waals surface area contributed by atoms with Crippen molar-refractivity contribution in [1.82, 2.24) is 43.0 Å². The first kappa shape index (κ1) is 76.1. The maximum absolute atomic E-state index is 13.4. The van der Waals surface area contributed by atoms with Crippen molar-refractivity contribution in [3.8, 4) is 23.0 Å². The summed E-state index contributed by atoms with van der Waals surface area (Å²) < 4.78 is 45.5. The second-order valence-corrected chi connectivity index (χ2v) is 24.8. The zero-order valence-corrected chi connectivity index (χ0v) is 56.2. The Hall–Kier alpha value is -9.64. The number of nitrogens with one attached hydrogen (secondary N) is 11. The predicted octanol–water partition coefficient (Wildman–Crippen LogP) is 6.94. The molecule has 1 unspecified atom stereocenters. The molecule has 0 saturated carbocycles. The summed E-state index contributed by atoms with van der Waals surface area (Å²) >= 11 is 0. The maximum atomic E-state index is 13.4. The van der Waals surface area contributed by atoms with E-state index in [1.54, 1.807) is 53.7 Å². The highest BCUT2D eigenvalue weighted by molar-refractivity contribution is 6.02. The van der Waals surface area contributed by atoms with E-state index in [0.29, 0.717) is 80.2 Å². The first-order valence-electron chi connectivity index (χ1n) is 31.4. The number of carbonyl (C=O) groups excluding carboxylic acids is 10. The zero-order valence-electron chi connectivity index (χ0n) is 56.2. The molecule has 4 aromatic carbocycles. The second kappa shape index (κ2) is 36.7. The predicted molar refractivity (Wildman–Crippen MR) is 353 cm³/mol. The lowest BCUT2D eigenvalue weighted by atomic mass is 10.1. The maximum Gasteiger partial charge on any atom is 0.408 e. The molecule has 1 fully saturated rings. The summed E-state index contributed by atoms with van der Waals surface area (Å²) in [5.74, 6) is -3.31. The number of hydrazine groups is 2. The second-order valence-electron chi connectivity index (χ2n) is 24.8. The fourth-order valence-electron chi connectivity index (χ4n) is 9.42. The highest BCUT2D eigenvalue weighted by atomic mass is 16.7.